The number of aryl methyl sites for hydroxylation is 1. The smallest absolute Gasteiger partial charge is 0.244 e. The lowest BCUT2D eigenvalue weighted by molar-refractivity contribution is 0.392. The summed E-state index contributed by atoms with van der Waals surface area (Å²) in [5.41, 5.74) is 4.05. The Morgan fingerprint density at radius 2 is 1.72 bits per heavy atom. The number of imidazole rings is 1. The van der Waals surface area contributed by atoms with Crippen LogP contribution in [-0.2, 0) is 23.1 Å². The van der Waals surface area contributed by atoms with Gasteiger partial charge >= 0.3 is 0 Å². The highest BCUT2D eigenvalue weighted by atomic mass is 32.2. The van der Waals surface area contributed by atoms with E-state index in [0.717, 1.165) is 16.6 Å². The SMILES string of the molecule is COc1ccc(OC)c(S(=O)(=O)NCc2nc3ccccc3n2Cc2ccc(C)cc2)c1. The maximum Gasteiger partial charge on any atom is 0.244 e. The van der Waals surface area contributed by atoms with Crippen molar-refractivity contribution >= 4 is 21.1 Å². The molecule has 0 aliphatic rings. The molecule has 0 fully saturated rings. The standard InChI is InChI=1S/C24H25N3O4S/c1-17-8-10-18(11-9-17)16-27-21-7-5-4-6-20(21)26-24(27)15-25-32(28,29)23-14-19(30-2)12-13-22(23)31-3/h4-14,25H,15-16H2,1-3H3. The van der Waals surface area contributed by atoms with Gasteiger partial charge in [-0.1, -0.05) is 42.0 Å². The van der Waals surface area contributed by atoms with Gasteiger partial charge in [0.15, 0.2) is 0 Å². The first kappa shape index (κ1) is 21.9. The first-order chi connectivity index (χ1) is 15.4. The number of nitrogens with one attached hydrogen (secondary N) is 1. The van der Waals surface area contributed by atoms with Crippen LogP contribution in [0.5, 0.6) is 11.5 Å². The number of rotatable bonds is 8. The van der Waals surface area contributed by atoms with Gasteiger partial charge in [-0.2, -0.15) is 0 Å². The summed E-state index contributed by atoms with van der Waals surface area (Å²) >= 11 is 0. The summed E-state index contributed by atoms with van der Waals surface area (Å²) < 4.78 is 41.3. The number of aromatic nitrogens is 2. The fourth-order valence-corrected chi connectivity index (χ4v) is 4.71. The maximum absolute atomic E-state index is 13.1. The summed E-state index contributed by atoms with van der Waals surface area (Å²) in [6.45, 7) is 2.66. The molecule has 1 heterocycles. The number of benzene rings is 3. The van der Waals surface area contributed by atoms with E-state index in [1.54, 1.807) is 12.1 Å². The molecule has 4 aromatic rings. The summed E-state index contributed by atoms with van der Waals surface area (Å²) in [6, 6.07) is 20.7. The van der Waals surface area contributed by atoms with Crippen molar-refractivity contribution < 1.29 is 17.9 Å². The van der Waals surface area contributed by atoms with Crippen molar-refractivity contribution in [3.63, 3.8) is 0 Å². The van der Waals surface area contributed by atoms with E-state index in [-0.39, 0.29) is 17.2 Å². The normalized spacial score (nSPS) is 11.6. The maximum atomic E-state index is 13.1. The van der Waals surface area contributed by atoms with Crippen LogP contribution < -0.4 is 14.2 Å². The lowest BCUT2D eigenvalue weighted by Crippen LogP contribution is -2.25. The zero-order valence-electron chi connectivity index (χ0n) is 18.2. The van der Waals surface area contributed by atoms with Gasteiger partial charge in [0.05, 0.1) is 31.8 Å². The molecular formula is C24H25N3O4S. The molecule has 0 amide bonds. The molecule has 32 heavy (non-hydrogen) atoms. The second-order valence-corrected chi connectivity index (χ2v) is 9.17. The highest BCUT2D eigenvalue weighted by Gasteiger charge is 2.22. The average molecular weight is 452 g/mol. The van der Waals surface area contributed by atoms with Crippen LogP contribution >= 0.6 is 0 Å². The number of methoxy groups -OCH3 is 2. The van der Waals surface area contributed by atoms with Crippen molar-refractivity contribution in [2.24, 2.45) is 0 Å². The second-order valence-electron chi connectivity index (χ2n) is 7.43. The van der Waals surface area contributed by atoms with E-state index < -0.39 is 10.0 Å². The minimum atomic E-state index is -3.87. The molecule has 3 aromatic carbocycles. The number of sulfonamides is 1. The number of fused-ring (bicyclic) bond motifs is 1. The molecule has 1 aromatic heterocycles. The lowest BCUT2D eigenvalue weighted by atomic mass is 10.1. The molecule has 1 N–H and O–H groups in total. The molecule has 0 spiro atoms. The van der Waals surface area contributed by atoms with Crippen molar-refractivity contribution in [1.82, 2.24) is 14.3 Å². The van der Waals surface area contributed by atoms with E-state index in [1.165, 1.54) is 25.8 Å². The minimum absolute atomic E-state index is 0.0144. The average Bonchev–Trinajstić information content (AvgIpc) is 3.16. The Hall–Kier alpha value is -3.36. The Morgan fingerprint density at radius 3 is 2.44 bits per heavy atom. The minimum Gasteiger partial charge on any atom is -0.497 e. The van der Waals surface area contributed by atoms with Crippen molar-refractivity contribution in [3.8, 4) is 11.5 Å². The second kappa shape index (κ2) is 9.02. The van der Waals surface area contributed by atoms with Crippen LogP contribution in [0.1, 0.15) is 17.0 Å². The Morgan fingerprint density at radius 1 is 0.969 bits per heavy atom. The fraction of sp³-hybridized carbons (Fsp3) is 0.208. The summed E-state index contributed by atoms with van der Waals surface area (Å²) in [6.07, 6.45) is 0. The molecule has 0 saturated carbocycles. The highest BCUT2D eigenvalue weighted by molar-refractivity contribution is 7.89. The van der Waals surface area contributed by atoms with Crippen LogP contribution in [0.25, 0.3) is 11.0 Å². The zero-order chi connectivity index (χ0) is 22.7. The van der Waals surface area contributed by atoms with Crippen molar-refractivity contribution in [2.75, 3.05) is 14.2 Å². The van der Waals surface area contributed by atoms with Gasteiger partial charge in [0.1, 0.15) is 22.2 Å². The van der Waals surface area contributed by atoms with Crippen molar-refractivity contribution in [3.05, 3.63) is 83.7 Å². The van der Waals surface area contributed by atoms with Crippen LogP contribution in [0.3, 0.4) is 0 Å². The van der Waals surface area contributed by atoms with Crippen LogP contribution in [0.15, 0.2) is 71.6 Å². The quantitative estimate of drug-likeness (QED) is 0.440. The Kier molecular flexibility index (Phi) is 6.16. The van der Waals surface area contributed by atoms with Crippen LogP contribution in [0, 0.1) is 6.92 Å². The number of ether oxygens (including phenoxy) is 2. The molecule has 0 aliphatic carbocycles. The van der Waals surface area contributed by atoms with E-state index in [4.69, 9.17) is 9.47 Å². The highest BCUT2D eigenvalue weighted by Crippen LogP contribution is 2.28. The third-order valence-electron chi connectivity index (χ3n) is 5.28. The first-order valence-electron chi connectivity index (χ1n) is 10.1. The van der Waals surface area contributed by atoms with E-state index in [0.29, 0.717) is 18.1 Å². The summed E-state index contributed by atoms with van der Waals surface area (Å²) in [5, 5.41) is 0. The monoisotopic (exact) mass is 451 g/mol. The molecule has 166 valence electrons. The van der Waals surface area contributed by atoms with Crippen LogP contribution in [0.2, 0.25) is 0 Å². The topological polar surface area (TPSA) is 82.4 Å². The van der Waals surface area contributed by atoms with Crippen molar-refractivity contribution in [1.29, 1.82) is 0 Å². The third kappa shape index (κ3) is 4.46. The Balaban J connectivity index is 1.67. The number of hydrogen-bond donors (Lipinski definition) is 1. The number of nitrogens with zero attached hydrogens (tertiary/aromatic N) is 2. The van der Waals surface area contributed by atoms with E-state index in [9.17, 15) is 8.42 Å². The van der Waals surface area contributed by atoms with Gasteiger partial charge in [0.2, 0.25) is 10.0 Å². The van der Waals surface area contributed by atoms with Gasteiger partial charge in [0, 0.05) is 12.6 Å². The van der Waals surface area contributed by atoms with Crippen molar-refractivity contribution in [2.45, 2.75) is 24.9 Å². The Bertz CT molecular complexity index is 1350. The molecule has 0 saturated heterocycles. The number of para-hydroxylation sites is 2. The van der Waals surface area contributed by atoms with Crippen LogP contribution in [-0.4, -0.2) is 32.2 Å². The largest absolute Gasteiger partial charge is 0.497 e. The molecule has 4 rings (SSSR count). The molecule has 0 atom stereocenters. The zero-order valence-corrected chi connectivity index (χ0v) is 19.0. The predicted octanol–water partition coefficient (Wildman–Crippen LogP) is 3.89. The van der Waals surface area contributed by atoms with E-state index in [1.807, 2.05) is 35.8 Å². The van der Waals surface area contributed by atoms with Crippen LogP contribution in [0.4, 0.5) is 0 Å². The Labute approximate surface area is 187 Å². The summed E-state index contributed by atoms with van der Waals surface area (Å²) in [5.74, 6) is 1.29. The van der Waals surface area contributed by atoms with Gasteiger partial charge in [-0.25, -0.2) is 18.1 Å². The third-order valence-corrected chi connectivity index (χ3v) is 6.70. The lowest BCUT2D eigenvalue weighted by Gasteiger charge is -2.13. The fourth-order valence-electron chi connectivity index (χ4n) is 3.54. The molecular weight excluding hydrogens is 426 g/mol. The molecule has 0 radical (unpaired) electrons. The van der Waals surface area contributed by atoms with Gasteiger partial charge < -0.3 is 14.0 Å². The molecule has 8 heteroatoms. The summed E-state index contributed by atoms with van der Waals surface area (Å²) in [4.78, 5) is 4.69. The number of hydrogen-bond acceptors (Lipinski definition) is 5. The van der Waals surface area contributed by atoms with Gasteiger partial charge in [0.25, 0.3) is 0 Å². The van der Waals surface area contributed by atoms with Gasteiger partial charge in [-0.3, -0.25) is 0 Å². The van der Waals surface area contributed by atoms with Gasteiger partial charge in [-0.05, 0) is 36.8 Å². The molecule has 0 aliphatic heterocycles. The molecule has 0 bridgehead atoms. The van der Waals surface area contributed by atoms with E-state index >= 15 is 0 Å². The van der Waals surface area contributed by atoms with E-state index in [2.05, 4.69) is 34.0 Å². The molecule has 7 nitrogen and oxygen atoms in total. The summed E-state index contributed by atoms with van der Waals surface area (Å²) in [7, 11) is -0.957. The first-order valence-corrected chi connectivity index (χ1v) is 11.6. The predicted molar refractivity (Wildman–Crippen MR) is 124 cm³/mol. The van der Waals surface area contributed by atoms with Gasteiger partial charge in [-0.15, -0.1) is 0 Å². The molecule has 0 unspecified atom stereocenters.